The lowest BCUT2D eigenvalue weighted by atomic mass is 10.2. The minimum atomic E-state index is 0.770. The van der Waals surface area contributed by atoms with Crippen LogP contribution in [0.15, 0.2) is 18.5 Å². The number of fused-ring (bicyclic) bond motifs is 1. The second-order valence-corrected chi connectivity index (χ2v) is 4.31. The van der Waals surface area contributed by atoms with Crippen molar-refractivity contribution in [1.82, 2.24) is 9.97 Å². The smallest absolute Gasteiger partial charge is 0.0998 e. The van der Waals surface area contributed by atoms with Crippen molar-refractivity contribution in [3.05, 3.63) is 23.5 Å². The van der Waals surface area contributed by atoms with Gasteiger partial charge in [-0.05, 0) is 31.9 Å². The van der Waals surface area contributed by atoms with Crippen LogP contribution >= 0.6 is 11.3 Å². The quantitative estimate of drug-likeness (QED) is 0.780. The topological polar surface area (TPSA) is 51.8 Å². The van der Waals surface area contributed by atoms with Gasteiger partial charge in [-0.3, -0.25) is 4.98 Å². The third-order valence-corrected chi connectivity index (χ3v) is 3.18. The van der Waals surface area contributed by atoms with E-state index < -0.39 is 0 Å². The van der Waals surface area contributed by atoms with Crippen LogP contribution in [0.4, 0.5) is 0 Å². The van der Waals surface area contributed by atoms with Crippen molar-refractivity contribution >= 4 is 21.6 Å². The summed E-state index contributed by atoms with van der Waals surface area (Å²) in [4.78, 5) is 8.55. The van der Waals surface area contributed by atoms with E-state index in [1.54, 1.807) is 11.3 Å². The van der Waals surface area contributed by atoms with Crippen molar-refractivity contribution in [3.8, 4) is 0 Å². The van der Waals surface area contributed by atoms with Crippen molar-refractivity contribution in [3.63, 3.8) is 0 Å². The van der Waals surface area contributed by atoms with E-state index >= 15 is 0 Å². The second-order valence-electron chi connectivity index (χ2n) is 3.20. The van der Waals surface area contributed by atoms with Crippen LogP contribution in [0.3, 0.4) is 0 Å². The Kier molecular flexibility index (Phi) is 3.06. The molecule has 3 nitrogen and oxygen atoms in total. The molecule has 4 heteroatoms. The number of aromatic nitrogens is 2. The van der Waals surface area contributed by atoms with Gasteiger partial charge in [-0.1, -0.05) is 0 Å². The molecule has 0 spiro atoms. The minimum absolute atomic E-state index is 0.770. The van der Waals surface area contributed by atoms with Gasteiger partial charge in [-0.2, -0.15) is 0 Å². The predicted octanol–water partition coefficient (Wildman–Crippen LogP) is 1.97. The van der Waals surface area contributed by atoms with E-state index in [2.05, 4.69) is 9.97 Å². The SMILES string of the molecule is NCCCCc1nc2cnccc2s1. The van der Waals surface area contributed by atoms with Crippen LogP contribution in [-0.2, 0) is 6.42 Å². The van der Waals surface area contributed by atoms with Gasteiger partial charge in [-0.25, -0.2) is 4.98 Å². The zero-order chi connectivity index (χ0) is 9.80. The maximum Gasteiger partial charge on any atom is 0.0998 e. The first kappa shape index (κ1) is 9.55. The third-order valence-electron chi connectivity index (χ3n) is 2.08. The van der Waals surface area contributed by atoms with Crippen molar-refractivity contribution in [2.45, 2.75) is 19.3 Å². The Balaban J connectivity index is 2.11. The van der Waals surface area contributed by atoms with Gasteiger partial charge in [0.2, 0.25) is 0 Å². The van der Waals surface area contributed by atoms with Crippen molar-refractivity contribution < 1.29 is 0 Å². The Morgan fingerprint density at radius 2 is 2.29 bits per heavy atom. The fraction of sp³-hybridized carbons (Fsp3) is 0.400. The molecule has 0 saturated carbocycles. The van der Waals surface area contributed by atoms with E-state index in [-0.39, 0.29) is 0 Å². The lowest BCUT2D eigenvalue weighted by molar-refractivity contribution is 0.742. The van der Waals surface area contributed by atoms with E-state index in [0.29, 0.717) is 0 Å². The van der Waals surface area contributed by atoms with Gasteiger partial charge >= 0.3 is 0 Å². The van der Waals surface area contributed by atoms with Crippen LogP contribution in [0.5, 0.6) is 0 Å². The molecule has 0 unspecified atom stereocenters. The van der Waals surface area contributed by atoms with E-state index in [9.17, 15) is 0 Å². The maximum absolute atomic E-state index is 5.44. The van der Waals surface area contributed by atoms with Crippen LogP contribution in [-0.4, -0.2) is 16.5 Å². The molecule has 0 bridgehead atoms. The van der Waals surface area contributed by atoms with Gasteiger partial charge in [0, 0.05) is 6.20 Å². The molecule has 0 amide bonds. The molecule has 0 fully saturated rings. The lowest BCUT2D eigenvalue weighted by Gasteiger charge is -1.92. The molecule has 14 heavy (non-hydrogen) atoms. The normalized spacial score (nSPS) is 10.9. The molecular formula is C10H13N3S. The summed E-state index contributed by atoms with van der Waals surface area (Å²) in [5.74, 6) is 0. The Labute approximate surface area is 87.0 Å². The van der Waals surface area contributed by atoms with Gasteiger partial charge in [0.1, 0.15) is 0 Å². The predicted molar refractivity (Wildman–Crippen MR) is 59.4 cm³/mol. The largest absolute Gasteiger partial charge is 0.330 e. The van der Waals surface area contributed by atoms with E-state index in [4.69, 9.17) is 5.73 Å². The first-order chi connectivity index (χ1) is 6.90. The highest BCUT2D eigenvalue weighted by molar-refractivity contribution is 7.18. The number of rotatable bonds is 4. The molecule has 0 radical (unpaired) electrons. The standard InChI is InChI=1S/C10H13N3S/c11-5-2-1-3-10-13-8-7-12-6-4-9(8)14-10/h4,6-7H,1-3,5,11H2. The highest BCUT2D eigenvalue weighted by atomic mass is 32.1. The van der Waals surface area contributed by atoms with Crippen molar-refractivity contribution in [2.24, 2.45) is 5.73 Å². The number of unbranched alkanes of at least 4 members (excludes halogenated alkanes) is 1. The molecule has 0 saturated heterocycles. The first-order valence-corrected chi connectivity index (χ1v) is 5.61. The van der Waals surface area contributed by atoms with Gasteiger partial charge in [0.25, 0.3) is 0 Å². The number of hydrogen-bond donors (Lipinski definition) is 1. The van der Waals surface area contributed by atoms with Crippen LogP contribution in [0, 0.1) is 0 Å². The summed E-state index contributed by atoms with van der Waals surface area (Å²) in [6, 6.07) is 2.01. The summed E-state index contributed by atoms with van der Waals surface area (Å²) in [6.07, 6.45) is 6.87. The third kappa shape index (κ3) is 2.08. The number of pyridine rings is 1. The molecule has 2 N–H and O–H groups in total. The average molecular weight is 207 g/mol. The maximum atomic E-state index is 5.44. The second kappa shape index (κ2) is 4.48. The molecule has 2 heterocycles. The molecule has 2 rings (SSSR count). The number of hydrogen-bond acceptors (Lipinski definition) is 4. The summed E-state index contributed by atoms with van der Waals surface area (Å²) in [6.45, 7) is 0.770. The molecule has 0 aromatic carbocycles. The Morgan fingerprint density at radius 1 is 1.36 bits per heavy atom. The van der Waals surface area contributed by atoms with Gasteiger partial charge in [0.15, 0.2) is 0 Å². The number of nitrogens with two attached hydrogens (primary N) is 1. The lowest BCUT2D eigenvalue weighted by Crippen LogP contribution is -1.98. The van der Waals surface area contributed by atoms with Crippen LogP contribution in [0.2, 0.25) is 0 Å². The Bertz CT molecular complexity index is 377. The molecule has 74 valence electrons. The van der Waals surface area contributed by atoms with Crippen LogP contribution in [0.1, 0.15) is 17.8 Å². The summed E-state index contributed by atoms with van der Waals surface area (Å²) in [5, 5.41) is 1.20. The molecule has 2 aromatic rings. The van der Waals surface area contributed by atoms with Gasteiger partial charge in [0.05, 0.1) is 21.4 Å². The van der Waals surface area contributed by atoms with Gasteiger partial charge in [-0.15, -0.1) is 11.3 Å². The summed E-state index contributed by atoms with van der Waals surface area (Å²) in [5.41, 5.74) is 6.45. The van der Waals surface area contributed by atoms with E-state index in [1.165, 1.54) is 9.71 Å². The molecular weight excluding hydrogens is 194 g/mol. The Hall–Kier alpha value is -1.00. The first-order valence-electron chi connectivity index (χ1n) is 4.79. The monoisotopic (exact) mass is 207 g/mol. The van der Waals surface area contributed by atoms with Crippen LogP contribution < -0.4 is 5.73 Å². The fourth-order valence-corrected chi connectivity index (χ4v) is 2.33. The molecule has 2 aromatic heterocycles. The van der Waals surface area contributed by atoms with E-state index in [1.807, 2.05) is 18.5 Å². The molecule has 0 aliphatic heterocycles. The number of aryl methyl sites for hydroxylation is 1. The summed E-state index contributed by atoms with van der Waals surface area (Å²) < 4.78 is 1.22. The molecule has 0 aliphatic rings. The van der Waals surface area contributed by atoms with Crippen molar-refractivity contribution in [2.75, 3.05) is 6.54 Å². The zero-order valence-corrected chi connectivity index (χ0v) is 8.76. The zero-order valence-electron chi connectivity index (χ0n) is 7.94. The fourth-order valence-electron chi connectivity index (χ4n) is 1.36. The van der Waals surface area contributed by atoms with Gasteiger partial charge < -0.3 is 5.73 Å². The van der Waals surface area contributed by atoms with Crippen LogP contribution in [0.25, 0.3) is 10.2 Å². The number of thiazole rings is 1. The molecule has 0 atom stereocenters. The van der Waals surface area contributed by atoms with E-state index in [0.717, 1.165) is 31.3 Å². The highest BCUT2D eigenvalue weighted by Gasteiger charge is 2.02. The summed E-state index contributed by atoms with van der Waals surface area (Å²) in [7, 11) is 0. The van der Waals surface area contributed by atoms with Crippen molar-refractivity contribution in [1.29, 1.82) is 0 Å². The number of nitrogens with zero attached hydrogens (tertiary/aromatic N) is 2. The molecule has 0 aliphatic carbocycles. The Morgan fingerprint density at radius 3 is 3.07 bits per heavy atom. The average Bonchev–Trinajstić information content (AvgIpc) is 2.60. The highest BCUT2D eigenvalue weighted by Crippen LogP contribution is 2.21. The summed E-state index contributed by atoms with van der Waals surface area (Å²) >= 11 is 1.76. The minimum Gasteiger partial charge on any atom is -0.330 e.